The fourth-order valence-electron chi connectivity index (χ4n) is 1.59. The van der Waals surface area contributed by atoms with Gasteiger partial charge in [0.2, 0.25) is 0 Å². The molecule has 0 atom stereocenters. The molecule has 88 valence electrons. The summed E-state index contributed by atoms with van der Waals surface area (Å²) in [7, 11) is 0. The van der Waals surface area contributed by atoms with E-state index in [1.807, 2.05) is 43.3 Å². The Morgan fingerprint density at radius 1 is 1.24 bits per heavy atom. The highest BCUT2D eigenvalue weighted by atomic mass is 79.9. The highest BCUT2D eigenvalue weighted by molar-refractivity contribution is 9.10. The van der Waals surface area contributed by atoms with Crippen molar-refractivity contribution in [1.29, 1.82) is 0 Å². The Labute approximate surface area is 114 Å². The largest absolute Gasteiger partial charge is 0.397 e. The summed E-state index contributed by atoms with van der Waals surface area (Å²) in [4.78, 5) is 0. The highest BCUT2D eigenvalue weighted by Crippen LogP contribution is 2.32. The van der Waals surface area contributed by atoms with Gasteiger partial charge < -0.3 is 11.1 Å². The standard InChI is InChI=1S/C13H12BrClN2/c1-8-3-2-4-11(16)13(8)17-12-7-9(14)5-6-10(12)15/h2-7,17H,16H2,1H3. The Hall–Kier alpha value is -1.19. The quantitative estimate of drug-likeness (QED) is 0.786. The van der Waals surface area contributed by atoms with Gasteiger partial charge in [-0.3, -0.25) is 0 Å². The molecule has 4 heteroatoms. The van der Waals surface area contributed by atoms with Crippen molar-refractivity contribution in [3.05, 3.63) is 51.5 Å². The molecule has 0 aliphatic rings. The summed E-state index contributed by atoms with van der Waals surface area (Å²) in [5.74, 6) is 0. The van der Waals surface area contributed by atoms with E-state index in [0.29, 0.717) is 10.7 Å². The van der Waals surface area contributed by atoms with Crippen LogP contribution in [0.3, 0.4) is 0 Å². The van der Waals surface area contributed by atoms with Crippen molar-refractivity contribution in [2.75, 3.05) is 11.1 Å². The van der Waals surface area contributed by atoms with Crippen molar-refractivity contribution >= 4 is 44.6 Å². The number of halogens is 2. The number of anilines is 3. The molecule has 0 aromatic heterocycles. The summed E-state index contributed by atoms with van der Waals surface area (Å²) in [6.07, 6.45) is 0. The lowest BCUT2D eigenvalue weighted by atomic mass is 10.1. The van der Waals surface area contributed by atoms with Gasteiger partial charge >= 0.3 is 0 Å². The van der Waals surface area contributed by atoms with Crippen LogP contribution in [0.15, 0.2) is 40.9 Å². The first kappa shape index (κ1) is 12.3. The highest BCUT2D eigenvalue weighted by Gasteiger charge is 2.06. The molecule has 0 bridgehead atoms. The maximum atomic E-state index is 6.13. The first-order valence-corrected chi connectivity index (χ1v) is 6.32. The second-order valence-corrected chi connectivity index (χ2v) is 5.11. The number of aryl methyl sites for hydroxylation is 1. The van der Waals surface area contributed by atoms with Gasteiger partial charge in [-0.05, 0) is 36.8 Å². The van der Waals surface area contributed by atoms with Crippen molar-refractivity contribution in [2.45, 2.75) is 6.92 Å². The average molecular weight is 312 g/mol. The third kappa shape index (κ3) is 2.73. The molecule has 0 saturated heterocycles. The third-order valence-corrected chi connectivity index (χ3v) is 3.32. The number of nitrogens with two attached hydrogens (primary N) is 1. The minimum absolute atomic E-state index is 0.663. The molecule has 0 saturated carbocycles. The normalized spacial score (nSPS) is 10.3. The zero-order valence-electron chi connectivity index (χ0n) is 9.30. The predicted octanol–water partition coefficient (Wildman–Crippen LogP) is 4.74. The van der Waals surface area contributed by atoms with E-state index >= 15 is 0 Å². The molecule has 0 radical (unpaired) electrons. The van der Waals surface area contributed by atoms with Crippen LogP contribution in [0, 0.1) is 6.92 Å². The summed E-state index contributed by atoms with van der Waals surface area (Å²) in [6, 6.07) is 11.5. The van der Waals surface area contributed by atoms with Crippen LogP contribution in [0.4, 0.5) is 17.1 Å². The predicted molar refractivity (Wildman–Crippen MR) is 78.0 cm³/mol. The van der Waals surface area contributed by atoms with Gasteiger partial charge in [-0.25, -0.2) is 0 Å². The van der Waals surface area contributed by atoms with Crippen LogP contribution in [0.25, 0.3) is 0 Å². The molecule has 0 unspecified atom stereocenters. The summed E-state index contributed by atoms with van der Waals surface area (Å²) < 4.78 is 0.969. The number of benzene rings is 2. The van der Waals surface area contributed by atoms with Gasteiger partial charge in [0.15, 0.2) is 0 Å². The SMILES string of the molecule is Cc1cccc(N)c1Nc1cc(Br)ccc1Cl. The average Bonchev–Trinajstić information content (AvgIpc) is 2.28. The molecule has 0 spiro atoms. The summed E-state index contributed by atoms with van der Waals surface area (Å²) in [5, 5.41) is 3.93. The Kier molecular flexibility index (Phi) is 3.60. The minimum Gasteiger partial charge on any atom is -0.397 e. The minimum atomic E-state index is 0.663. The van der Waals surface area contributed by atoms with Gasteiger partial charge in [-0.15, -0.1) is 0 Å². The molecular formula is C13H12BrClN2. The van der Waals surface area contributed by atoms with E-state index in [0.717, 1.165) is 21.4 Å². The van der Waals surface area contributed by atoms with Crippen LogP contribution in [0.1, 0.15) is 5.56 Å². The first-order chi connectivity index (χ1) is 8.08. The van der Waals surface area contributed by atoms with Crippen LogP contribution in [0.2, 0.25) is 5.02 Å². The first-order valence-electron chi connectivity index (χ1n) is 5.15. The van der Waals surface area contributed by atoms with E-state index in [-0.39, 0.29) is 0 Å². The molecule has 0 aliphatic carbocycles. The second kappa shape index (κ2) is 4.98. The zero-order valence-corrected chi connectivity index (χ0v) is 11.6. The van der Waals surface area contributed by atoms with E-state index in [4.69, 9.17) is 17.3 Å². The molecule has 2 aromatic carbocycles. The third-order valence-electron chi connectivity index (χ3n) is 2.49. The second-order valence-electron chi connectivity index (χ2n) is 3.79. The van der Waals surface area contributed by atoms with Gasteiger partial charge in [0.25, 0.3) is 0 Å². The van der Waals surface area contributed by atoms with Gasteiger partial charge in [0.1, 0.15) is 0 Å². The maximum Gasteiger partial charge on any atom is 0.0647 e. The Balaban J connectivity index is 2.41. The van der Waals surface area contributed by atoms with Gasteiger partial charge in [0, 0.05) is 4.47 Å². The lowest BCUT2D eigenvalue weighted by Crippen LogP contribution is -1.99. The van der Waals surface area contributed by atoms with Crippen molar-refractivity contribution in [1.82, 2.24) is 0 Å². The molecule has 0 aliphatic heterocycles. The van der Waals surface area contributed by atoms with Crippen LogP contribution >= 0.6 is 27.5 Å². The zero-order chi connectivity index (χ0) is 12.4. The number of hydrogen-bond donors (Lipinski definition) is 2. The van der Waals surface area contributed by atoms with Crippen LogP contribution in [-0.2, 0) is 0 Å². The number of hydrogen-bond acceptors (Lipinski definition) is 2. The monoisotopic (exact) mass is 310 g/mol. The summed E-state index contributed by atoms with van der Waals surface area (Å²) in [5.41, 5.74) is 9.46. The smallest absolute Gasteiger partial charge is 0.0647 e. The molecule has 0 heterocycles. The van der Waals surface area contributed by atoms with E-state index in [1.165, 1.54) is 0 Å². The molecule has 2 aromatic rings. The Bertz CT molecular complexity index is 535. The molecule has 2 nitrogen and oxygen atoms in total. The maximum absolute atomic E-state index is 6.13. The topological polar surface area (TPSA) is 38.0 Å². The molecule has 3 N–H and O–H groups in total. The van der Waals surface area contributed by atoms with Crippen molar-refractivity contribution < 1.29 is 0 Å². The van der Waals surface area contributed by atoms with Gasteiger partial charge in [0.05, 0.1) is 22.1 Å². The van der Waals surface area contributed by atoms with E-state index in [1.54, 1.807) is 0 Å². The molecule has 2 rings (SSSR count). The molecule has 0 amide bonds. The van der Waals surface area contributed by atoms with Crippen LogP contribution in [-0.4, -0.2) is 0 Å². The van der Waals surface area contributed by atoms with Crippen LogP contribution in [0.5, 0.6) is 0 Å². The van der Waals surface area contributed by atoms with Crippen molar-refractivity contribution in [2.24, 2.45) is 0 Å². The van der Waals surface area contributed by atoms with Crippen LogP contribution < -0.4 is 11.1 Å². The number of nitrogens with one attached hydrogen (secondary N) is 1. The van der Waals surface area contributed by atoms with Crippen molar-refractivity contribution in [3.8, 4) is 0 Å². The molecular weight excluding hydrogens is 300 g/mol. The van der Waals surface area contributed by atoms with E-state index in [2.05, 4.69) is 21.2 Å². The summed E-state index contributed by atoms with van der Waals surface area (Å²) in [6.45, 7) is 2.00. The number of nitrogen functional groups attached to an aromatic ring is 1. The molecule has 0 fully saturated rings. The van der Waals surface area contributed by atoms with Gasteiger partial charge in [-0.2, -0.15) is 0 Å². The fraction of sp³-hybridized carbons (Fsp3) is 0.0769. The lowest BCUT2D eigenvalue weighted by Gasteiger charge is -2.13. The molecule has 17 heavy (non-hydrogen) atoms. The Morgan fingerprint density at radius 3 is 2.71 bits per heavy atom. The van der Waals surface area contributed by atoms with E-state index < -0.39 is 0 Å². The Morgan fingerprint density at radius 2 is 2.00 bits per heavy atom. The summed E-state index contributed by atoms with van der Waals surface area (Å²) >= 11 is 9.54. The van der Waals surface area contributed by atoms with Crippen molar-refractivity contribution in [3.63, 3.8) is 0 Å². The van der Waals surface area contributed by atoms with Gasteiger partial charge in [-0.1, -0.05) is 39.7 Å². The number of para-hydroxylation sites is 1. The van der Waals surface area contributed by atoms with E-state index in [9.17, 15) is 0 Å². The number of rotatable bonds is 2. The lowest BCUT2D eigenvalue weighted by molar-refractivity contribution is 1.43. The fourth-order valence-corrected chi connectivity index (χ4v) is 2.12.